The van der Waals surface area contributed by atoms with Crippen molar-refractivity contribution in [3.05, 3.63) is 33.8 Å². The molecule has 1 amide bonds. The van der Waals surface area contributed by atoms with Crippen molar-refractivity contribution >= 4 is 40.9 Å². The number of piperidine rings is 1. The Hall–Kier alpha value is -0.890. The number of rotatable bonds is 2. The van der Waals surface area contributed by atoms with Crippen LogP contribution in [0.25, 0.3) is 0 Å². The van der Waals surface area contributed by atoms with E-state index in [1.807, 2.05) is 6.26 Å². The van der Waals surface area contributed by atoms with Gasteiger partial charge in [-0.25, -0.2) is 0 Å². The number of amides is 1. The molecular weight excluding hydrogens is 315 g/mol. The Morgan fingerprint density at radius 3 is 2.60 bits per heavy atom. The monoisotopic (exact) mass is 328 g/mol. The summed E-state index contributed by atoms with van der Waals surface area (Å²) in [5, 5.41) is 10.1. The van der Waals surface area contributed by atoms with E-state index >= 15 is 0 Å². The molecule has 0 aromatic heterocycles. The number of halogens is 2. The molecule has 20 heavy (non-hydrogen) atoms. The lowest BCUT2D eigenvalue weighted by Crippen LogP contribution is -2.44. The maximum absolute atomic E-state index is 12.5. The van der Waals surface area contributed by atoms with E-state index in [1.165, 1.54) is 0 Å². The molecule has 0 radical (unpaired) electrons. The number of nitrogens with zero attached hydrogens (tertiary/aromatic N) is 2. The molecule has 0 N–H and O–H groups in total. The Kier molecular flexibility index (Phi) is 4.85. The Morgan fingerprint density at radius 1 is 1.40 bits per heavy atom. The summed E-state index contributed by atoms with van der Waals surface area (Å²) in [7, 11) is 0. The van der Waals surface area contributed by atoms with Crippen molar-refractivity contribution in [2.24, 2.45) is 0 Å². The molecule has 1 heterocycles. The van der Waals surface area contributed by atoms with E-state index in [1.54, 1.807) is 34.9 Å². The first-order chi connectivity index (χ1) is 9.51. The summed E-state index contributed by atoms with van der Waals surface area (Å²) in [6.07, 6.45) is 3.29. The zero-order valence-electron chi connectivity index (χ0n) is 11.0. The number of benzene rings is 1. The van der Waals surface area contributed by atoms with Crippen molar-refractivity contribution in [3.63, 3.8) is 0 Å². The number of thioether (sulfide) groups is 1. The first-order valence-electron chi connectivity index (χ1n) is 6.22. The highest BCUT2D eigenvalue weighted by molar-refractivity contribution is 8.00. The summed E-state index contributed by atoms with van der Waals surface area (Å²) >= 11 is 13.5. The third-order valence-corrected chi connectivity index (χ3v) is 5.46. The van der Waals surface area contributed by atoms with Gasteiger partial charge in [0, 0.05) is 18.1 Å². The van der Waals surface area contributed by atoms with Gasteiger partial charge < -0.3 is 4.90 Å². The molecule has 1 aliphatic heterocycles. The van der Waals surface area contributed by atoms with E-state index in [0.29, 0.717) is 41.5 Å². The third-order valence-electron chi connectivity index (χ3n) is 3.61. The van der Waals surface area contributed by atoms with Gasteiger partial charge in [0.25, 0.3) is 5.91 Å². The minimum absolute atomic E-state index is 0.120. The molecule has 0 atom stereocenters. The minimum Gasteiger partial charge on any atom is -0.338 e. The van der Waals surface area contributed by atoms with Crippen molar-refractivity contribution in [2.75, 3.05) is 19.3 Å². The molecule has 1 fully saturated rings. The van der Waals surface area contributed by atoms with Gasteiger partial charge in [-0.3, -0.25) is 4.79 Å². The second-order valence-electron chi connectivity index (χ2n) is 4.73. The maximum Gasteiger partial charge on any atom is 0.255 e. The average molecular weight is 329 g/mol. The molecule has 6 heteroatoms. The van der Waals surface area contributed by atoms with E-state index in [4.69, 9.17) is 23.2 Å². The topological polar surface area (TPSA) is 44.1 Å². The zero-order chi connectivity index (χ0) is 14.8. The Morgan fingerprint density at radius 2 is 2.05 bits per heavy atom. The summed E-state index contributed by atoms with van der Waals surface area (Å²) in [6, 6.07) is 7.24. The highest BCUT2D eigenvalue weighted by atomic mass is 35.5. The van der Waals surface area contributed by atoms with Crippen LogP contribution >= 0.6 is 35.0 Å². The van der Waals surface area contributed by atoms with Gasteiger partial charge in [-0.1, -0.05) is 23.2 Å². The third kappa shape index (κ3) is 3.06. The van der Waals surface area contributed by atoms with E-state index in [0.717, 1.165) is 0 Å². The summed E-state index contributed by atoms with van der Waals surface area (Å²) in [5.74, 6) is -0.120. The van der Waals surface area contributed by atoms with E-state index in [-0.39, 0.29) is 10.7 Å². The van der Waals surface area contributed by atoms with Crippen molar-refractivity contribution in [1.29, 1.82) is 5.26 Å². The van der Waals surface area contributed by atoms with Crippen LogP contribution < -0.4 is 0 Å². The highest BCUT2D eigenvalue weighted by Gasteiger charge is 2.35. The number of hydrogen-bond acceptors (Lipinski definition) is 3. The number of nitriles is 1. The van der Waals surface area contributed by atoms with Crippen LogP contribution in [-0.4, -0.2) is 34.9 Å². The summed E-state index contributed by atoms with van der Waals surface area (Å²) < 4.78 is -0.366. The van der Waals surface area contributed by atoms with E-state index in [2.05, 4.69) is 6.07 Å². The first-order valence-corrected chi connectivity index (χ1v) is 8.20. The standard InChI is InChI=1S/C14H14Cl2N2OS/c1-20-14(9-17)4-6-18(7-5-14)13(19)11-8-10(15)2-3-12(11)16/h2-3,8H,4-7H2,1H3. The van der Waals surface area contributed by atoms with Crippen LogP contribution in [0, 0.1) is 11.3 Å². The number of likely N-dealkylation sites (tertiary alicyclic amines) is 1. The lowest BCUT2D eigenvalue weighted by molar-refractivity contribution is 0.0717. The summed E-state index contributed by atoms with van der Waals surface area (Å²) in [6.45, 7) is 1.13. The number of carbonyl (C=O) groups excluding carboxylic acids is 1. The molecular formula is C14H14Cl2N2OS. The van der Waals surface area contributed by atoms with Crippen molar-refractivity contribution < 1.29 is 4.79 Å². The van der Waals surface area contributed by atoms with Crippen LogP contribution in [0.4, 0.5) is 0 Å². The number of hydrogen-bond donors (Lipinski definition) is 0. The fraction of sp³-hybridized carbons (Fsp3) is 0.429. The minimum atomic E-state index is -0.366. The molecule has 0 saturated carbocycles. The molecule has 1 aliphatic rings. The molecule has 1 saturated heterocycles. The average Bonchev–Trinajstić information content (AvgIpc) is 2.49. The molecule has 3 nitrogen and oxygen atoms in total. The van der Waals surface area contributed by atoms with Crippen LogP contribution in [0.5, 0.6) is 0 Å². The Bertz CT molecular complexity index is 563. The van der Waals surface area contributed by atoms with Crippen molar-refractivity contribution in [2.45, 2.75) is 17.6 Å². The van der Waals surface area contributed by atoms with E-state index < -0.39 is 0 Å². The zero-order valence-corrected chi connectivity index (χ0v) is 13.4. The fourth-order valence-corrected chi connectivity index (χ4v) is 3.32. The van der Waals surface area contributed by atoms with Gasteiger partial charge in [-0.2, -0.15) is 5.26 Å². The molecule has 0 unspecified atom stereocenters. The van der Waals surface area contributed by atoms with Crippen LogP contribution in [0.15, 0.2) is 18.2 Å². The molecule has 0 aliphatic carbocycles. The van der Waals surface area contributed by atoms with Crippen LogP contribution in [0.2, 0.25) is 10.0 Å². The molecule has 1 aromatic carbocycles. The predicted molar refractivity (Wildman–Crippen MR) is 83.5 cm³/mol. The second-order valence-corrected chi connectivity index (χ2v) is 6.76. The molecule has 106 valence electrons. The summed E-state index contributed by atoms with van der Waals surface area (Å²) in [4.78, 5) is 14.2. The van der Waals surface area contributed by atoms with Gasteiger partial charge in [0.05, 0.1) is 16.7 Å². The van der Waals surface area contributed by atoms with Crippen LogP contribution in [0.3, 0.4) is 0 Å². The van der Waals surface area contributed by atoms with Gasteiger partial charge in [0.15, 0.2) is 0 Å². The highest BCUT2D eigenvalue weighted by Crippen LogP contribution is 2.34. The molecule has 1 aromatic rings. The fourth-order valence-electron chi connectivity index (χ4n) is 2.26. The van der Waals surface area contributed by atoms with Gasteiger partial charge in [0.1, 0.15) is 4.75 Å². The molecule has 0 spiro atoms. The van der Waals surface area contributed by atoms with Gasteiger partial charge in [0.2, 0.25) is 0 Å². The molecule has 0 bridgehead atoms. The second kappa shape index (κ2) is 6.26. The lowest BCUT2D eigenvalue weighted by atomic mass is 9.96. The normalized spacial score (nSPS) is 17.6. The van der Waals surface area contributed by atoms with E-state index in [9.17, 15) is 10.1 Å². The first kappa shape index (κ1) is 15.5. The smallest absolute Gasteiger partial charge is 0.255 e. The van der Waals surface area contributed by atoms with Crippen LogP contribution in [0.1, 0.15) is 23.2 Å². The predicted octanol–water partition coefficient (Wildman–Crippen LogP) is 3.85. The largest absolute Gasteiger partial charge is 0.338 e. The quantitative estimate of drug-likeness (QED) is 0.828. The Balaban J connectivity index is 2.13. The SMILES string of the molecule is CSC1(C#N)CCN(C(=O)c2cc(Cl)ccc2Cl)CC1. The Labute approximate surface area is 132 Å². The van der Waals surface area contributed by atoms with Gasteiger partial charge in [-0.05, 0) is 37.3 Å². The number of carbonyl (C=O) groups is 1. The van der Waals surface area contributed by atoms with Crippen molar-refractivity contribution in [3.8, 4) is 6.07 Å². The summed E-state index contributed by atoms with van der Waals surface area (Å²) in [5.41, 5.74) is 0.424. The molecule has 2 rings (SSSR count). The maximum atomic E-state index is 12.5. The van der Waals surface area contributed by atoms with Gasteiger partial charge >= 0.3 is 0 Å². The lowest BCUT2D eigenvalue weighted by Gasteiger charge is -2.36. The van der Waals surface area contributed by atoms with Crippen molar-refractivity contribution in [1.82, 2.24) is 4.90 Å². The van der Waals surface area contributed by atoms with Gasteiger partial charge in [-0.15, -0.1) is 11.8 Å². The van der Waals surface area contributed by atoms with Crippen LogP contribution in [-0.2, 0) is 0 Å².